The summed E-state index contributed by atoms with van der Waals surface area (Å²) in [7, 11) is -2.73. The highest BCUT2D eigenvalue weighted by atomic mass is 32.2. The minimum atomic E-state index is -4.33. The third-order valence-corrected chi connectivity index (χ3v) is 6.74. The molecule has 30 heavy (non-hydrogen) atoms. The molecule has 0 radical (unpaired) electrons. The number of benzene rings is 3. The number of rotatable bonds is 7. The smallest absolute Gasteiger partial charge is 0.496 e. The van der Waals surface area contributed by atoms with E-state index >= 15 is 0 Å². The van der Waals surface area contributed by atoms with Gasteiger partial charge in [0.25, 0.3) is 0 Å². The van der Waals surface area contributed by atoms with E-state index in [0.717, 1.165) is 20.9 Å². The van der Waals surface area contributed by atoms with Gasteiger partial charge < -0.3 is 9.26 Å². The van der Waals surface area contributed by atoms with Crippen LogP contribution in [-0.2, 0) is 20.0 Å². The summed E-state index contributed by atoms with van der Waals surface area (Å²) in [5.41, 5.74) is 2.59. The molecule has 0 spiro atoms. The average Bonchev–Trinajstić information content (AvgIpc) is 2.90. The number of phosphoric ester groups is 1. The summed E-state index contributed by atoms with van der Waals surface area (Å²) in [6.07, 6.45) is 2.27. The van der Waals surface area contributed by atoms with Crippen molar-refractivity contribution in [1.29, 1.82) is 0 Å². The third kappa shape index (κ3) is 4.79. The molecular weight excluding hydrogens is 419 g/mol. The first-order chi connectivity index (χ1) is 14.6. The maximum absolute atomic E-state index is 12.7. The maximum Gasteiger partial charge on any atom is 0.527 e. The number of hydrogen-bond acceptors (Lipinski definition) is 5. The Morgan fingerprint density at radius 2 is 1.73 bits per heavy atom. The second-order valence-corrected chi connectivity index (χ2v) is 9.04. The lowest BCUT2D eigenvalue weighted by atomic mass is 10.1. The molecule has 1 N–H and O–H groups in total. The van der Waals surface area contributed by atoms with Crippen LogP contribution in [0.5, 0.6) is 5.75 Å². The van der Waals surface area contributed by atoms with E-state index in [2.05, 4.69) is 0 Å². The Labute approximate surface area is 179 Å². The van der Waals surface area contributed by atoms with E-state index in [1.807, 2.05) is 72.8 Å². The molecule has 1 unspecified atom stereocenters. The molecule has 1 aliphatic rings. The summed E-state index contributed by atoms with van der Waals surface area (Å²) in [5, 5.41) is 0. The van der Waals surface area contributed by atoms with Gasteiger partial charge in [-0.1, -0.05) is 66.4 Å². The van der Waals surface area contributed by atoms with Crippen molar-refractivity contribution in [3.8, 4) is 5.75 Å². The van der Waals surface area contributed by atoms with Crippen LogP contribution in [-0.4, -0.2) is 18.6 Å². The summed E-state index contributed by atoms with van der Waals surface area (Å²) in [6, 6.07) is 22.9. The summed E-state index contributed by atoms with van der Waals surface area (Å²) in [6.45, 7) is 0.0708. The van der Waals surface area contributed by atoms with E-state index in [1.165, 1.54) is 11.8 Å². The quantitative estimate of drug-likeness (QED) is 0.452. The van der Waals surface area contributed by atoms with Crippen molar-refractivity contribution >= 4 is 31.4 Å². The molecule has 0 bridgehead atoms. The molecule has 1 atom stereocenters. The zero-order valence-corrected chi connectivity index (χ0v) is 18.1. The Morgan fingerprint density at radius 3 is 2.53 bits per heavy atom. The van der Waals surface area contributed by atoms with Gasteiger partial charge in [-0.05, 0) is 41.8 Å². The Hall–Kier alpha value is -2.50. The number of phosphoric acid groups is 1. The van der Waals surface area contributed by atoms with Crippen molar-refractivity contribution in [2.45, 2.75) is 16.2 Å². The van der Waals surface area contributed by atoms with Crippen molar-refractivity contribution in [3.05, 3.63) is 89.5 Å². The number of methoxy groups -OCH3 is 1. The molecule has 154 valence electrons. The first-order valence-electron chi connectivity index (χ1n) is 9.42. The van der Waals surface area contributed by atoms with Crippen LogP contribution >= 0.6 is 19.6 Å². The molecular formula is C23H21O5PS. The Morgan fingerprint density at radius 1 is 0.967 bits per heavy atom. The van der Waals surface area contributed by atoms with E-state index in [9.17, 15) is 9.46 Å². The van der Waals surface area contributed by atoms with Crippen LogP contribution in [0.15, 0.2) is 82.6 Å². The van der Waals surface area contributed by atoms with E-state index < -0.39 is 7.82 Å². The van der Waals surface area contributed by atoms with Gasteiger partial charge in [-0.2, -0.15) is 0 Å². The van der Waals surface area contributed by atoms with Crippen molar-refractivity contribution in [2.75, 3.05) is 13.7 Å². The molecule has 0 fully saturated rings. The zero-order valence-electron chi connectivity index (χ0n) is 16.4. The van der Waals surface area contributed by atoms with Gasteiger partial charge >= 0.3 is 7.82 Å². The van der Waals surface area contributed by atoms with E-state index in [1.54, 1.807) is 13.2 Å². The summed E-state index contributed by atoms with van der Waals surface area (Å²) >= 11 is 1.53. The fourth-order valence-electron chi connectivity index (χ4n) is 3.15. The predicted octanol–water partition coefficient (Wildman–Crippen LogP) is 6.03. The first-order valence-corrected chi connectivity index (χ1v) is 11.7. The van der Waals surface area contributed by atoms with Gasteiger partial charge in [-0.25, -0.2) is 4.57 Å². The van der Waals surface area contributed by atoms with Gasteiger partial charge in [0.2, 0.25) is 0 Å². The van der Waals surface area contributed by atoms with Gasteiger partial charge in [0.15, 0.2) is 0 Å². The topological polar surface area (TPSA) is 65.0 Å². The van der Waals surface area contributed by atoms with Crippen molar-refractivity contribution < 1.29 is 23.2 Å². The zero-order chi connectivity index (χ0) is 21.0. The van der Waals surface area contributed by atoms with Crippen LogP contribution in [0.25, 0.3) is 11.8 Å². The van der Waals surface area contributed by atoms with Gasteiger partial charge in [0.1, 0.15) is 11.5 Å². The normalized spacial score (nSPS) is 14.5. The molecule has 0 saturated heterocycles. The van der Waals surface area contributed by atoms with E-state index in [4.69, 9.17) is 13.8 Å². The number of ether oxygens (including phenoxy) is 1. The molecule has 1 aliphatic heterocycles. The SMILES string of the molecule is COc1cccc2c1Sc1ccccc1C=C2OP(=O)(O)OCCc1ccccc1. The molecule has 4 rings (SSSR count). The summed E-state index contributed by atoms with van der Waals surface area (Å²) in [4.78, 5) is 12.2. The Balaban J connectivity index is 1.60. The largest absolute Gasteiger partial charge is 0.527 e. The van der Waals surface area contributed by atoms with Crippen LogP contribution in [0.2, 0.25) is 0 Å². The lowest BCUT2D eigenvalue weighted by Crippen LogP contribution is -2.01. The Kier molecular flexibility index (Phi) is 6.30. The second kappa shape index (κ2) is 9.11. The van der Waals surface area contributed by atoms with Gasteiger partial charge in [0.05, 0.1) is 18.6 Å². The van der Waals surface area contributed by atoms with Crippen molar-refractivity contribution in [1.82, 2.24) is 0 Å². The fraction of sp³-hybridized carbons (Fsp3) is 0.130. The van der Waals surface area contributed by atoms with E-state index in [0.29, 0.717) is 17.7 Å². The highest BCUT2D eigenvalue weighted by Crippen LogP contribution is 2.52. The van der Waals surface area contributed by atoms with Crippen molar-refractivity contribution in [2.24, 2.45) is 0 Å². The molecule has 3 aromatic rings. The molecule has 5 nitrogen and oxygen atoms in total. The lowest BCUT2D eigenvalue weighted by Gasteiger charge is -2.17. The first kappa shape index (κ1) is 20.8. The van der Waals surface area contributed by atoms with Crippen molar-refractivity contribution in [3.63, 3.8) is 0 Å². The molecule has 0 saturated carbocycles. The van der Waals surface area contributed by atoms with Gasteiger partial charge in [0, 0.05) is 10.5 Å². The standard InChI is InChI=1S/C23H21O5PS/c1-26-20-12-7-11-19-21(16-18-10-5-6-13-22(18)30-23(19)20)28-29(24,25)27-15-14-17-8-3-2-4-9-17/h2-13,16H,14-15H2,1H3,(H,24,25). The van der Waals surface area contributed by atoms with Crippen LogP contribution in [0, 0.1) is 0 Å². The summed E-state index contributed by atoms with van der Waals surface area (Å²) < 4.78 is 29.0. The summed E-state index contributed by atoms with van der Waals surface area (Å²) in [5.74, 6) is 0.938. The fourth-order valence-corrected chi connectivity index (χ4v) is 5.06. The van der Waals surface area contributed by atoms with E-state index in [-0.39, 0.29) is 12.4 Å². The van der Waals surface area contributed by atoms with Crippen LogP contribution in [0.1, 0.15) is 16.7 Å². The number of hydrogen-bond donors (Lipinski definition) is 1. The van der Waals surface area contributed by atoms with Crippen LogP contribution in [0.3, 0.4) is 0 Å². The molecule has 7 heteroatoms. The monoisotopic (exact) mass is 440 g/mol. The minimum absolute atomic E-state index is 0.0708. The van der Waals surface area contributed by atoms with Gasteiger partial charge in [-0.15, -0.1) is 0 Å². The second-order valence-electron chi connectivity index (χ2n) is 6.61. The number of fused-ring (bicyclic) bond motifs is 2. The predicted molar refractivity (Wildman–Crippen MR) is 118 cm³/mol. The minimum Gasteiger partial charge on any atom is -0.496 e. The molecule has 1 heterocycles. The van der Waals surface area contributed by atoms with Gasteiger partial charge in [-0.3, -0.25) is 9.42 Å². The molecule has 0 amide bonds. The third-order valence-electron chi connectivity index (χ3n) is 4.58. The van der Waals surface area contributed by atoms with Crippen LogP contribution in [0.4, 0.5) is 0 Å². The molecule has 0 aromatic heterocycles. The lowest BCUT2D eigenvalue weighted by molar-refractivity contribution is 0.196. The maximum atomic E-state index is 12.7. The van der Waals surface area contributed by atoms with Crippen LogP contribution < -0.4 is 4.74 Å². The molecule has 0 aliphatic carbocycles. The highest BCUT2D eigenvalue weighted by molar-refractivity contribution is 7.99. The average molecular weight is 440 g/mol. The Bertz CT molecular complexity index is 1110. The molecule has 3 aromatic carbocycles. The highest BCUT2D eigenvalue weighted by Gasteiger charge is 2.28.